The van der Waals surface area contributed by atoms with Crippen molar-refractivity contribution in [3.8, 4) is 0 Å². The molecule has 0 spiro atoms. The summed E-state index contributed by atoms with van der Waals surface area (Å²) in [5.74, 6) is -1.36. The largest absolute Gasteiger partial charge is 0.479 e. The van der Waals surface area contributed by atoms with Gasteiger partial charge in [-0.1, -0.05) is 12.1 Å². The first kappa shape index (κ1) is 17.3. The minimum absolute atomic E-state index is 0.0127. The summed E-state index contributed by atoms with van der Waals surface area (Å²) < 4.78 is 42.4. The van der Waals surface area contributed by atoms with Crippen LogP contribution in [0.5, 0.6) is 0 Å². The molecular formula is C15H16F3NO4. The number of morpholine rings is 1. The molecule has 1 aliphatic rings. The highest BCUT2D eigenvalue weighted by atomic mass is 19.4. The van der Waals surface area contributed by atoms with Crippen LogP contribution in [0.2, 0.25) is 0 Å². The zero-order chi connectivity index (χ0) is 17.0. The lowest BCUT2D eigenvalue weighted by molar-refractivity contribution is -0.159. The van der Waals surface area contributed by atoms with Crippen LogP contribution < -0.4 is 0 Å². The van der Waals surface area contributed by atoms with Gasteiger partial charge in [0.25, 0.3) is 0 Å². The van der Waals surface area contributed by atoms with Crippen molar-refractivity contribution >= 4 is 11.9 Å². The first-order valence-corrected chi connectivity index (χ1v) is 7.05. The lowest BCUT2D eigenvalue weighted by Crippen LogP contribution is -2.48. The van der Waals surface area contributed by atoms with Crippen molar-refractivity contribution in [3.05, 3.63) is 35.4 Å². The number of carbonyl (C=O) groups is 2. The standard InChI is InChI=1S/C15H16F3NO4/c16-15(17,18)11-4-1-10(2-5-11)3-6-13(20)19-7-8-23-12(9-19)14(21)22/h1-2,4-5,12H,3,6-9H2,(H,21,22). The van der Waals surface area contributed by atoms with Crippen LogP contribution in [0.15, 0.2) is 24.3 Å². The van der Waals surface area contributed by atoms with Crippen LogP contribution >= 0.6 is 0 Å². The van der Waals surface area contributed by atoms with Gasteiger partial charge in [0.1, 0.15) is 0 Å². The van der Waals surface area contributed by atoms with Gasteiger partial charge >= 0.3 is 12.1 Å². The second-order valence-electron chi connectivity index (χ2n) is 5.23. The molecule has 1 aliphatic heterocycles. The summed E-state index contributed by atoms with van der Waals surface area (Å²) in [7, 11) is 0. The van der Waals surface area contributed by atoms with Crippen molar-refractivity contribution in [2.45, 2.75) is 25.1 Å². The first-order chi connectivity index (χ1) is 10.8. The number of benzene rings is 1. The Morgan fingerprint density at radius 3 is 2.48 bits per heavy atom. The number of aliphatic carboxylic acids is 1. The van der Waals surface area contributed by atoms with E-state index in [1.54, 1.807) is 0 Å². The van der Waals surface area contributed by atoms with E-state index >= 15 is 0 Å². The molecule has 1 heterocycles. The zero-order valence-electron chi connectivity index (χ0n) is 12.2. The summed E-state index contributed by atoms with van der Waals surface area (Å²) in [4.78, 5) is 24.3. The molecule has 2 rings (SSSR count). The van der Waals surface area contributed by atoms with E-state index in [2.05, 4.69) is 0 Å². The molecule has 0 saturated carbocycles. The Balaban J connectivity index is 1.88. The quantitative estimate of drug-likeness (QED) is 0.916. The van der Waals surface area contributed by atoms with E-state index in [9.17, 15) is 22.8 Å². The fourth-order valence-electron chi connectivity index (χ4n) is 2.29. The van der Waals surface area contributed by atoms with E-state index in [4.69, 9.17) is 9.84 Å². The molecular weight excluding hydrogens is 315 g/mol. The number of hydrogen-bond donors (Lipinski definition) is 1. The highest BCUT2D eigenvalue weighted by Gasteiger charge is 2.30. The van der Waals surface area contributed by atoms with Crippen LogP contribution in [0.25, 0.3) is 0 Å². The van der Waals surface area contributed by atoms with E-state index in [-0.39, 0.29) is 25.5 Å². The number of rotatable bonds is 4. The third-order valence-electron chi connectivity index (χ3n) is 3.60. The van der Waals surface area contributed by atoms with Crippen molar-refractivity contribution < 1.29 is 32.6 Å². The summed E-state index contributed by atoms with van der Waals surface area (Å²) >= 11 is 0. The maximum absolute atomic E-state index is 12.5. The Kier molecular flexibility index (Phi) is 5.25. The third-order valence-corrected chi connectivity index (χ3v) is 3.60. The van der Waals surface area contributed by atoms with Crippen molar-refractivity contribution in [2.75, 3.05) is 19.7 Å². The number of hydrogen-bond acceptors (Lipinski definition) is 3. The summed E-state index contributed by atoms with van der Waals surface area (Å²) in [5.41, 5.74) is -0.112. The summed E-state index contributed by atoms with van der Waals surface area (Å²) in [6.07, 6.45) is -5.00. The molecule has 1 atom stereocenters. The van der Waals surface area contributed by atoms with Crippen LogP contribution in [-0.2, 0) is 26.9 Å². The lowest BCUT2D eigenvalue weighted by atomic mass is 10.1. The molecule has 1 aromatic carbocycles. The van der Waals surface area contributed by atoms with Crippen molar-refractivity contribution in [2.24, 2.45) is 0 Å². The first-order valence-electron chi connectivity index (χ1n) is 7.05. The van der Waals surface area contributed by atoms with Crippen LogP contribution in [-0.4, -0.2) is 47.7 Å². The van der Waals surface area contributed by atoms with Gasteiger partial charge in [0.2, 0.25) is 5.91 Å². The average molecular weight is 331 g/mol. The molecule has 5 nitrogen and oxygen atoms in total. The minimum atomic E-state index is -4.38. The van der Waals surface area contributed by atoms with Gasteiger partial charge in [0.05, 0.1) is 18.7 Å². The van der Waals surface area contributed by atoms with E-state index in [1.807, 2.05) is 0 Å². The fraction of sp³-hybridized carbons (Fsp3) is 0.467. The number of carbonyl (C=O) groups excluding carboxylic acids is 1. The van der Waals surface area contributed by atoms with E-state index < -0.39 is 23.8 Å². The number of alkyl halides is 3. The predicted octanol–water partition coefficient (Wildman–Crippen LogP) is 1.95. The van der Waals surface area contributed by atoms with E-state index in [0.717, 1.165) is 12.1 Å². The molecule has 1 fully saturated rings. The smallest absolute Gasteiger partial charge is 0.416 e. The van der Waals surface area contributed by atoms with Gasteiger partial charge in [-0.05, 0) is 24.1 Å². The molecule has 1 amide bonds. The predicted molar refractivity (Wildman–Crippen MR) is 73.7 cm³/mol. The Hall–Kier alpha value is -2.09. The molecule has 1 saturated heterocycles. The van der Waals surface area contributed by atoms with Gasteiger partial charge in [0, 0.05) is 13.0 Å². The van der Waals surface area contributed by atoms with Gasteiger partial charge in [-0.2, -0.15) is 13.2 Å². The maximum Gasteiger partial charge on any atom is 0.416 e. The number of ether oxygens (including phenoxy) is 1. The molecule has 1 N–H and O–H groups in total. The van der Waals surface area contributed by atoms with Gasteiger partial charge in [-0.25, -0.2) is 4.79 Å². The second-order valence-corrected chi connectivity index (χ2v) is 5.23. The molecule has 0 aromatic heterocycles. The average Bonchev–Trinajstić information content (AvgIpc) is 2.52. The summed E-state index contributed by atoms with van der Waals surface area (Å²) in [6.45, 7) is 0.458. The minimum Gasteiger partial charge on any atom is -0.479 e. The van der Waals surface area contributed by atoms with E-state index in [0.29, 0.717) is 18.5 Å². The highest BCUT2D eigenvalue weighted by molar-refractivity contribution is 5.78. The second kappa shape index (κ2) is 6.99. The molecule has 126 valence electrons. The number of amides is 1. The van der Waals surface area contributed by atoms with Crippen LogP contribution in [0, 0.1) is 0 Å². The van der Waals surface area contributed by atoms with Crippen molar-refractivity contribution in [3.63, 3.8) is 0 Å². The Morgan fingerprint density at radius 1 is 1.26 bits per heavy atom. The number of halogens is 3. The fourth-order valence-corrected chi connectivity index (χ4v) is 2.29. The zero-order valence-corrected chi connectivity index (χ0v) is 12.2. The SMILES string of the molecule is O=C(O)C1CN(C(=O)CCc2ccc(C(F)(F)F)cc2)CCO1. The monoisotopic (exact) mass is 331 g/mol. The summed E-state index contributed by atoms with van der Waals surface area (Å²) in [6, 6.07) is 4.65. The normalized spacial score (nSPS) is 18.7. The highest BCUT2D eigenvalue weighted by Crippen LogP contribution is 2.29. The van der Waals surface area contributed by atoms with Gasteiger partial charge < -0.3 is 14.7 Å². The van der Waals surface area contributed by atoms with Gasteiger partial charge in [-0.15, -0.1) is 0 Å². The molecule has 23 heavy (non-hydrogen) atoms. The Labute approximate surface area is 130 Å². The van der Waals surface area contributed by atoms with Crippen LogP contribution in [0.4, 0.5) is 13.2 Å². The molecule has 1 aromatic rings. The number of aryl methyl sites for hydroxylation is 1. The lowest BCUT2D eigenvalue weighted by Gasteiger charge is -2.31. The van der Waals surface area contributed by atoms with E-state index in [1.165, 1.54) is 17.0 Å². The van der Waals surface area contributed by atoms with Crippen LogP contribution in [0.1, 0.15) is 17.5 Å². The molecule has 0 radical (unpaired) electrons. The number of nitrogens with zero attached hydrogens (tertiary/aromatic N) is 1. The Morgan fingerprint density at radius 2 is 1.91 bits per heavy atom. The van der Waals surface area contributed by atoms with Crippen molar-refractivity contribution in [1.29, 1.82) is 0 Å². The summed E-state index contributed by atoms with van der Waals surface area (Å²) in [5, 5.41) is 8.88. The Bertz CT molecular complexity index is 571. The van der Waals surface area contributed by atoms with Crippen LogP contribution in [0.3, 0.4) is 0 Å². The topological polar surface area (TPSA) is 66.8 Å². The molecule has 0 bridgehead atoms. The molecule has 8 heteroatoms. The number of carboxylic acids is 1. The molecule has 1 unspecified atom stereocenters. The van der Waals surface area contributed by atoms with Gasteiger partial charge in [-0.3, -0.25) is 4.79 Å². The number of carboxylic acid groups (broad SMARTS) is 1. The molecule has 0 aliphatic carbocycles. The van der Waals surface area contributed by atoms with Gasteiger partial charge in [0.15, 0.2) is 6.10 Å². The maximum atomic E-state index is 12.5. The third kappa shape index (κ3) is 4.69. The van der Waals surface area contributed by atoms with Crippen molar-refractivity contribution in [1.82, 2.24) is 4.90 Å².